The van der Waals surface area contributed by atoms with Crippen LogP contribution in [0.3, 0.4) is 0 Å². The number of rotatable bonds is 6. The topological polar surface area (TPSA) is 96.5 Å². The summed E-state index contributed by atoms with van der Waals surface area (Å²) in [5.41, 5.74) is 5.09. The summed E-state index contributed by atoms with van der Waals surface area (Å²) in [5.74, 6) is -1.12. The van der Waals surface area contributed by atoms with Gasteiger partial charge in [0.1, 0.15) is 5.82 Å². The van der Waals surface area contributed by atoms with E-state index >= 15 is 0 Å². The van der Waals surface area contributed by atoms with Gasteiger partial charge in [-0.1, -0.05) is 13.0 Å². The number of hydrogen-bond donors (Lipinski definition) is 2. The van der Waals surface area contributed by atoms with Crippen molar-refractivity contribution in [3.63, 3.8) is 0 Å². The molecule has 0 saturated carbocycles. The Morgan fingerprint density at radius 3 is 2.71 bits per heavy atom. The molecule has 0 saturated heterocycles. The van der Waals surface area contributed by atoms with Gasteiger partial charge >= 0.3 is 5.97 Å². The third-order valence-electron chi connectivity index (χ3n) is 2.12. The van der Waals surface area contributed by atoms with Crippen molar-refractivity contribution in [2.24, 2.45) is 5.73 Å². The normalized spacial score (nSPS) is 9.94. The molecule has 1 heterocycles. The summed E-state index contributed by atoms with van der Waals surface area (Å²) in [7, 11) is 0. The average Bonchev–Trinajstić information content (AvgIpc) is 2.28. The van der Waals surface area contributed by atoms with Crippen LogP contribution in [0.15, 0.2) is 18.2 Å². The van der Waals surface area contributed by atoms with Crippen LogP contribution in [0.1, 0.15) is 23.8 Å². The van der Waals surface area contributed by atoms with E-state index < -0.39 is 11.9 Å². The number of nitrogens with two attached hydrogens (primary N) is 1. The highest BCUT2D eigenvalue weighted by Crippen LogP contribution is 2.11. The van der Waals surface area contributed by atoms with Crippen molar-refractivity contribution in [1.29, 1.82) is 0 Å². The van der Waals surface area contributed by atoms with E-state index in [0.29, 0.717) is 12.4 Å². The maximum Gasteiger partial charge on any atom is 0.354 e. The van der Waals surface area contributed by atoms with Crippen LogP contribution in [0.2, 0.25) is 0 Å². The molecule has 0 aliphatic heterocycles. The number of carboxylic acid groups (broad SMARTS) is 1. The number of carbonyl (C=O) groups excluding carboxylic acids is 1. The lowest BCUT2D eigenvalue weighted by Gasteiger charge is -2.21. The summed E-state index contributed by atoms with van der Waals surface area (Å²) in [5, 5.41) is 8.83. The fourth-order valence-electron chi connectivity index (χ4n) is 1.45. The van der Waals surface area contributed by atoms with Gasteiger partial charge in [0, 0.05) is 6.54 Å². The third kappa shape index (κ3) is 3.75. The number of carbonyl (C=O) groups is 2. The molecule has 1 aromatic heterocycles. The van der Waals surface area contributed by atoms with Crippen molar-refractivity contribution in [2.45, 2.75) is 13.3 Å². The quantitative estimate of drug-likeness (QED) is 0.750. The van der Waals surface area contributed by atoms with E-state index in [0.717, 1.165) is 6.42 Å². The molecule has 0 radical (unpaired) electrons. The van der Waals surface area contributed by atoms with Crippen LogP contribution >= 0.6 is 0 Å². The van der Waals surface area contributed by atoms with E-state index in [4.69, 9.17) is 10.8 Å². The molecule has 92 valence electrons. The summed E-state index contributed by atoms with van der Waals surface area (Å²) < 4.78 is 0. The van der Waals surface area contributed by atoms with Crippen LogP contribution < -0.4 is 10.6 Å². The summed E-state index contributed by atoms with van der Waals surface area (Å²) in [6.45, 7) is 2.58. The predicted molar refractivity (Wildman–Crippen MR) is 62.9 cm³/mol. The Bertz CT molecular complexity index is 420. The Morgan fingerprint density at radius 2 is 2.18 bits per heavy atom. The van der Waals surface area contributed by atoms with Gasteiger partial charge in [0.15, 0.2) is 5.69 Å². The lowest BCUT2D eigenvalue weighted by molar-refractivity contribution is -0.116. The standard InChI is InChI=1S/C11H15N3O3/c1-2-6-14(7-9(12)15)10-5-3-4-8(13-10)11(16)17/h3-5H,2,6-7H2,1H3,(H2,12,15)(H,16,17). The molecular formula is C11H15N3O3. The van der Waals surface area contributed by atoms with Crippen molar-refractivity contribution in [3.05, 3.63) is 23.9 Å². The Labute approximate surface area is 99.1 Å². The first-order valence-corrected chi connectivity index (χ1v) is 5.28. The van der Waals surface area contributed by atoms with Crippen molar-refractivity contribution in [2.75, 3.05) is 18.0 Å². The Morgan fingerprint density at radius 1 is 1.47 bits per heavy atom. The maximum atomic E-state index is 10.9. The van der Waals surface area contributed by atoms with Crippen LogP contribution in [0.5, 0.6) is 0 Å². The number of pyridine rings is 1. The maximum absolute atomic E-state index is 10.9. The van der Waals surface area contributed by atoms with Gasteiger partial charge in [-0.3, -0.25) is 4.79 Å². The molecule has 0 unspecified atom stereocenters. The molecule has 0 aliphatic rings. The molecule has 0 bridgehead atoms. The molecule has 6 nitrogen and oxygen atoms in total. The van der Waals surface area contributed by atoms with Crippen LogP contribution in [0.4, 0.5) is 5.82 Å². The highest BCUT2D eigenvalue weighted by atomic mass is 16.4. The molecule has 1 rings (SSSR count). The van der Waals surface area contributed by atoms with Crippen LogP contribution in [0.25, 0.3) is 0 Å². The number of carboxylic acids is 1. The Hall–Kier alpha value is -2.11. The van der Waals surface area contributed by atoms with Crippen molar-refractivity contribution < 1.29 is 14.7 Å². The van der Waals surface area contributed by atoms with Crippen molar-refractivity contribution in [1.82, 2.24) is 4.98 Å². The number of aromatic nitrogens is 1. The lowest BCUT2D eigenvalue weighted by atomic mass is 10.3. The number of amides is 1. The minimum atomic E-state index is -1.10. The van der Waals surface area contributed by atoms with E-state index in [1.54, 1.807) is 17.0 Å². The summed E-state index contributed by atoms with van der Waals surface area (Å²) in [6.07, 6.45) is 0.812. The zero-order chi connectivity index (χ0) is 12.8. The van der Waals surface area contributed by atoms with Crippen LogP contribution in [-0.4, -0.2) is 35.1 Å². The second-order valence-corrected chi connectivity index (χ2v) is 3.57. The molecule has 0 aliphatic carbocycles. The van der Waals surface area contributed by atoms with Gasteiger partial charge in [-0.2, -0.15) is 0 Å². The molecule has 1 amide bonds. The van der Waals surface area contributed by atoms with Crippen molar-refractivity contribution in [3.8, 4) is 0 Å². The first-order valence-electron chi connectivity index (χ1n) is 5.28. The summed E-state index contributed by atoms with van der Waals surface area (Å²) in [4.78, 5) is 27.3. The van der Waals surface area contributed by atoms with Gasteiger partial charge < -0.3 is 15.7 Å². The van der Waals surface area contributed by atoms with Crippen LogP contribution in [0, 0.1) is 0 Å². The van der Waals surface area contributed by atoms with E-state index in [1.165, 1.54) is 6.07 Å². The zero-order valence-electron chi connectivity index (χ0n) is 9.59. The van der Waals surface area contributed by atoms with E-state index in [1.807, 2.05) is 6.92 Å². The van der Waals surface area contributed by atoms with Gasteiger partial charge in [0.25, 0.3) is 0 Å². The predicted octanol–water partition coefficient (Wildman–Crippen LogP) is 0.481. The van der Waals surface area contributed by atoms with Gasteiger partial charge in [0.05, 0.1) is 6.54 Å². The van der Waals surface area contributed by atoms with Crippen molar-refractivity contribution >= 4 is 17.7 Å². The second-order valence-electron chi connectivity index (χ2n) is 3.57. The zero-order valence-corrected chi connectivity index (χ0v) is 9.59. The molecular weight excluding hydrogens is 222 g/mol. The SMILES string of the molecule is CCCN(CC(N)=O)c1cccc(C(=O)O)n1. The molecule has 3 N–H and O–H groups in total. The van der Waals surface area contributed by atoms with Gasteiger partial charge in [-0.25, -0.2) is 9.78 Å². The Balaban J connectivity index is 2.96. The fraction of sp³-hybridized carbons (Fsp3) is 0.364. The number of aromatic carboxylic acids is 1. The smallest absolute Gasteiger partial charge is 0.354 e. The minimum Gasteiger partial charge on any atom is -0.477 e. The van der Waals surface area contributed by atoms with Gasteiger partial charge in [-0.05, 0) is 18.6 Å². The highest BCUT2D eigenvalue weighted by Gasteiger charge is 2.12. The lowest BCUT2D eigenvalue weighted by Crippen LogP contribution is -2.35. The number of hydrogen-bond acceptors (Lipinski definition) is 4. The molecule has 17 heavy (non-hydrogen) atoms. The van der Waals surface area contributed by atoms with E-state index in [2.05, 4.69) is 4.98 Å². The molecule has 0 fully saturated rings. The first kappa shape index (κ1) is 13.0. The first-order chi connectivity index (χ1) is 8.04. The summed E-state index contributed by atoms with van der Waals surface area (Å²) >= 11 is 0. The fourth-order valence-corrected chi connectivity index (χ4v) is 1.45. The van der Waals surface area contributed by atoms with Gasteiger partial charge in [-0.15, -0.1) is 0 Å². The largest absolute Gasteiger partial charge is 0.477 e. The average molecular weight is 237 g/mol. The highest BCUT2D eigenvalue weighted by molar-refractivity contribution is 5.86. The molecule has 1 aromatic rings. The van der Waals surface area contributed by atoms with E-state index in [9.17, 15) is 9.59 Å². The summed E-state index contributed by atoms with van der Waals surface area (Å²) in [6, 6.07) is 4.65. The molecule has 0 atom stereocenters. The van der Waals surface area contributed by atoms with E-state index in [-0.39, 0.29) is 12.2 Å². The Kier molecular flexibility index (Phi) is 4.45. The third-order valence-corrected chi connectivity index (χ3v) is 2.12. The molecule has 0 spiro atoms. The van der Waals surface area contributed by atoms with Crippen LogP contribution in [-0.2, 0) is 4.79 Å². The monoisotopic (exact) mass is 237 g/mol. The number of primary amides is 1. The van der Waals surface area contributed by atoms with Gasteiger partial charge in [0.2, 0.25) is 5.91 Å². The molecule has 6 heteroatoms. The minimum absolute atomic E-state index is 0.0317. The number of nitrogens with zero attached hydrogens (tertiary/aromatic N) is 2. The number of anilines is 1. The second kappa shape index (κ2) is 5.83. The molecule has 0 aromatic carbocycles.